The standard InChI is InChI=1S/C19H14FIN2O/c20-14-9-13-11-23(19(24)18(13)16(21)10-14)8-7-15-6-5-12-3-1-2-4-17(12)22-15/h1-6,9-10H,7-8,11H2. The number of fused-ring (bicyclic) bond motifs is 2. The molecule has 0 saturated carbocycles. The monoisotopic (exact) mass is 432 g/mol. The zero-order valence-electron chi connectivity index (χ0n) is 12.8. The fourth-order valence-electron chi connectivity index (χ4n) is 3.10. The molecule has 0 bridgehead atoms. The summed E-state index contributed by atoms with van der Waals surface area (Å²) in [6, 6.07) is 14.9. The van der Waals surface area contributed by atoms with Gasteiger partial charge < -0.3 is 4.90 Å². The lowest BCUT2D eigenvalue weighted by Gasteiger charge is -2.15. The number of hydrogen-bond acceptors (Lipinski definition) is 2. The topological polar surface area (TPSA) is 33.2 Å². The third kappa shape index (κ3) is 2.77. The molecule has 0 N–H and O–H groups in total. The van der Waals surface area contributed by atoms with Crippen molar-refractivity contribution in [3.05, 3.63) is 74.7 Å². The van der Waals surface area contributed by atoms with E-state index in [2.05, 4.69) is 11.1 Å². The van der Waals surface area contributed by atoms with Crippen LogP contribution >= 0.6 is 22.6 Å². The van der Waals surface area contributed by atoms with Crippen molar-refractivity contribution in [2.45, 2.75) is 13.0 Å². The van der Waals surface area contributed by atoms with Crippen LogP contribution in [0.25, 0.3) is 10.9 Å². The Balaban J connectivity index is 1.52. The summed E-state index contributed by atoms with van der Waals surface area (Å²) in [6.45, 7) is 1.05. The molecule has 0 saturated heterocycles. The van der Waals surface area contributed by atoms with E-state index in [9.17, 15) is 9.18 Å². The van der Waals surface area contributed by atoms with Crippen LogP contribution in [-0.2, 0) is 13.0 Å². The molecule has 3 nitrogen and oxygen atoms in total. The Labute approximate surface area is 152 Å². The minimum Gasteiger partial charge on any atom is -0.334 e. The van der Waals surface area contributed by atoms with E-state index in [-0.39, 0.29) is 11.7 Å². The maximum atomic E-state index is 13.5. The lowest BCUT2D eigenvalue weighted by atomic mass is 10.1. The summed E-state index contributed by atoms with van der Waals surface area (Å²) in [6.07, 6.45) is 0.684. The van der Waals surface area contributed by atoms with Gasteiger partial charge in [0, 0.05) is 34.2 Å². The first kappa shape index (κ1) is 15.5. The number of carbonyl (C=O) groups is 1. The van der Waals surface area contributed by atoms with Gasteiger partial charge in [-0.05, 0) is 52.4 Å². The van der Waals surface area contributed by atoms with E-state index in [0.717, 1.165) is 22.2 Å². The predicted molar refractivity (Wildman–Crippen MR) is 99.3 cm³/mol. The van der Waals surface area contributed by atoms with Crippen LogP contribution in [0, 0.1) is 9.39 Å². The summed E-state index contributed by atoms with van der Waals surface area (Å²) in [4.78, 5) is 19.0. The van der Waals surface area contributed by atoms with Crippen LogP contribution in [0.4, 0.5) is 4.39 Å². The predicted octanol–water partition coefficient (Wildman–Crippen LogP) is 4.18. The van der Waals surface area contributed by atoms with Gasteiger partial charge in [-0.25, -0.2) is 4.39 Å². The number of benzene rings is 2. The third-order valence-electron chi connectivity index (χ3n) is 4.29. The summed E-state index contributed by atoms with van der Waals surface area (Å²) in [5.74, 6) is -0.306. The van der Waals surface area contributed by atoms with Crippen LogP contribution in [0.1, 0.15) is 21.6 Å². The zero-order chi connectivity index (χ0) is 16.7. The molecule has 24 heavy (non-hydrogen) atoms. The minimum absolute atomic E-state index is 0.0183. The van der Waals surface area contributed by atoms with E-state index < -0.39 is 0 Å². The number of hydrogen-bond donors (Lipinski definition) is 0. The number of rotatable bonds is 3. The second kappa shape index (κ2) is 6.12. The maximum Gasteiger partial charge on any atom is 0.255 e. The first-order chi connectivity index (χ1) is 11.6. The fourth-order valence-corrected chi connectivity index (χ4v) is 3.98. The number of para-hydroxylation sites is 1. The molecule has 1 aliphatic heterocycles. The molecule has 0 unspecified atom stereocenters. The second-order valence-electron chi connectivity index (χ2n) is 5.89. The third-order valence-corrected chi connectivity index (χ3v) is 5.14. The van der Waals surface area contributed by atoms with E-state index in [4.69, 9.17) is 0 Å². The van der Waals surface area contributed by atoms with Gasteiger partial charge in [0.25, 0.3) is 5.91 Å². The van der Waals surface area contributed by atoms with Gasteiger partial charge in [-0.3, -0.25) is 9.78 Å². The number of nitrogens with zero attached hydrogens (tertiary/aromatic N) is 2. The maximum absolute atomic E-state index is 13.5. The van der Waals surface area contributed by atoms with E-state index in [1.165, 1.54) is 12.1 Å². The average Bonchev–Trinajstić information content (AvgIpc) is 2.88. The van der Waals surface area contributed by atoms with Crippen molar-refractivity contribution in [2.75, 3.05) is 6.54 Å². The van der Waals surface area contributed by atoms with Gasteiger partial charge in [0.1, 0.15) is 5.82 Å². The highest BCUT2D eigenvalue weighted by Crippen LogP contribution is 2.28. The van der Waals surface area contributed by atoms with Crippen molar-refractivity contribution in [3.8, 4) is 0 Å². The van der Waals surface area contributed by atoms with Gasteiger partial charge in [0.2, 0.25) is 0 Å². The second-order valence-corrected chi connectivity index (χ2v) is 7.06. The number of carbonyl (C=O) groups excluding carboxylic acids is 1. The first-order valence-electron chi connectivity index (χ1n) is 7.74. The van der Waals surface area contributed by atoms with Gasteiger partial charge >= 0.3 is 0 Å². The van der Waals surface area contributed by atoms with Gasteiger partial charge in [0.15, 0.2) is 0 Å². The van der Waals surface area contributed by atoms with Gasteiger partial charge in [-0.15, -0.1) is 0 Å². The van der Waals surface area contributed by atoms with Crippen LogP contribution in [0.5, 0.6) is 0 Å². The molecule has 1 amide bonds. The lowest BCUT2D eigenvalue weighted by Crippen LogP contribution is -2.26. The summed E-state index contributed by atoms with van der Waals surface area (Å²) >= 11 is 2.03. The minimum atomic E-state index is -0.288. The van der Waals surface area contributed by atoms with Gasteiger partial charge in [-0.2, -0.15) is 0 Å². The molecule has 0 fully saturated rings. The number of halogens is 2. The molecule has 120 valence electrons. The highest BCUT2D eigenvalue weighted by Gasteiger charge is 2.29. The van der Waals surface area contributed by atoms with Crippen molar-refractivity contribution in [2.24, 2.45) is 0 Å². The Morgan fingerprint density at radius 3 is 2.88 bits per heavy atom. The summed E-state index contributed by atoms with van der Waals surface area (Å²) < 4.78 is 14.2. The first-order valence-corrected chi connectivity index (χ1v) is 8.81. The number of pyridine rings is 1. The zero-order valence-corrected chi connectivity index (χ0v) is 15.0. The molecule has 0 atom stereocenters. The Bertz CT molecular complexity index is 957. The summed E-state index contributed by atoms with van der Waals surface area (Å²) in [7, 11) is 0. The fraction of sp³-hybridized carbons (Fsp3) is 0.158. The highest BCUT2D eigenvalue weighted by atomic mass is 127. The van der Waals surface area contributed by atoms with Crippen LogP contribution in [0.3, 0.4) is 0 Å². The molecule has 2 heterocycles. The van der Waals surface area contributed by atoms with Crippen molar-refractivity contribution in [1.82, 2.24) is 9.88 Å². The van der Waals surface area contributed by atoms with Crippen LogP contribution in [0.15, 0.2) is 48.5 Å². The Morgan fingerprint density at radius 1 is 1.17 bits per heavy atom. The van der Waals surface area contributed by atoms with Gasteiger partial charge in [0.05, 0.1) is 11.1 Å². The van der Waals surface area contributed by atoms with Crippen LogP contribution in [-0.4, -0.2) is 22.3 Å². The number of amides is 1. The Hall–Kier alpha value is -2.02. The van der Waals surface area contributed by atoms with Crippen molar-refractivity contribution < 1.29 is 9.18 Å². The van der Waals surface area contributed by atoms with E-state index in [1.807, 2.05) is 52.9 Å². The molecule has 3 aromatic rings. The summed E-state index contributed by atoms with van der Waals surface area (Å²) in [5, 5.41) is 1.11. The number of aromatic nitrogens is 1. The van der Waals surface area contributed by atoms with E-state index in [0.29, 0.717) is 28.6 Å². The summed E-state index contributed by atoms with van der Waals surface area (Å²) in [5.41, 5.74) is 3.33. The van der Waals surface area contributed by atoms with Crippen molar-refractivity contribution in [1.29, 1.82) is 0 Å². The highest BCUT2D eigenvalue weighted by molar-refractivity contribution is 14.1. The SMILES string of the molecule is O=C1c2c(I)cc(F)cc2CN1CCc1ccc2ccccc2n1. The Morgan fingerprint density at radius 2 is 2.00 bits per heavy atom. The smallest absolute Gasteiger partial charge is 0.255 e. The normalized spacial score (nSPS) is 13.6. The van der Waals surface area contributed by atoms with Crippen LogP contribution in [0.2, 0.25) is 0 Å². The molecule has 0 spiro atoms. The van der Waals surface area contributed by atoms with Crippen molar-refractivity contribution in [3.63, 3.8) is 0 Å². The Kier molecular flexibility index (Phi) is 3.96. The molecular formula is C19H14FIN2O. The lowest BCUT2D eigenvalue weighted by molar-refractivity contribution is 0.0779. The molecular weight excluding hydrogens is 418 g/mol. The molecule has 0 aliphatic carbocycles. The molecule has 1 aromatic heterocycles. The molecule has 0 radical (unpaired) electrons. The molecule has 4 rings (SSSR count). The van der Waals surface area contributed by atoms with E-state index in [1.54, 1.807) is 4.90 Å². The largest absolute Gasteiger partial charge is 0.334 e. The van der Waals surface area contributed by atoms with Crippen molar-refractivity contribution >= 4 is 39.4 Å². The molecule has 2 aromatic carbocycles. The van der Waals surface area contributed by atoms with E-state index >= 15 is 0 Å². The molecule has 1 aliphatic rings. The van der Waals surface area contributed by atoms with Gasteiger partial charge in [-0.1, -0.05) is 24.3 Å². The van der Waals surface area contributed by atoms with Crippen LogP contribution < -0.4 is 0 Å². The quantitative estimate of drug-likeness (QED) is 0.582. The average molecular weight is 432 g/mol. The molecule has 5 heteroatoms.